The minimum Gasteiger partial charge on any atom is -0.298 e. The van der Waals surface area contributed by atoms with Gasteiger partial charge in [-0.1, -0.05) is 30.3 Å². The summed E-state index contributed by atoms with van der Waals surface area (Å²) in [6.45, 7) is 2.68. The number of hydrogen-bond donors (Lipinski definition) is 2. The third-order valence-corrected chi connectivity index (χ3v) is 3.03. The highest BCUT2D eigenvalue weighted by atomic mass is 16.2. The SMILES string of the molecule is NNC(=O)C1CCN(Cc2ccccc2)C1. The standard InChI is InChI=1S/C12H17N3O/c13-14-12(16)11-6-7-15(9-11)8-10-4-2-1-3-5-10/h1-5,11H,6-9,13H2,(H,14,16). The van der Waals surface area contributed by atoms with Gasteiger partial charge in [0.1, 0.15) is 0 Å². The summed E-state index contributed by atoms with van der Waals surface area (Å²) < 4.78 is 0. The number of carbonyl (C=O) groups is 1. The zero-order valence-corrected chi connectivity index (χ0v) is 9.23. The molecule has 1 amide bonds. The molecule has 4 nitrogen and oxygen atoms in total. The van der Waals surface area contributed by atoms with E-state index in [4.69, 9.17) is 5.84 Å². The molecule has 2 rings (SSSR count). The molecule has 0 aromatic heterocycles. The van der Waals surface area contributed by atoms with Crippen LogP contribution in [0.3, 0.4) is 0 Å². The topological polar surface area (TPSA) is 58.4 Å². The van der Waals surface area contributed by atoms with Crippen molar-refractivity contribution in [1.82, 2.24) is 10.3 Å². The van der Waals surface area contributed by atoms with E-state index in [1.54, 1.807) is 0 Å². The Morgan fingerprint density at radius 2 is 2.19 bits per heavy atom. The zero-order valence-electron chi connectivity index (χ0n) is 9.23. The van der Waals surface area contributed by atoms with E-state index < -0.39 is 0 Å². The van der Waals surface area contributed by atoms with E-state index >= 15 is 0 Å². The van der Waals surface area contributed by atoms with E-state index in [0.717, 1.165) is 26.1 Å². The second kappa shape index (κ2) is 5.09. The number of hydrazine groups is 1. The number of benzene rings is 1. The number of amides is 1. The fraction of sp³-hybridized carbons (Fsp3) is 0.417. The molecule has 4 heteroatoms. The molecule has 0 spiro atoms. The first-order chi connectivity index (χ1) is 7.79. The van der Waals surface area contributed by atoms with E-state index in [9.17, 15) is 4.79 Å². The van der Waals surface area contributed by atoms with Crippen LogP contribution in [0.25, 0.3) is 0 Å². The molecule has 1 saturated heterocycles. The predicted molar refractivity (Wildman–Crippen MR) is 62.2 cm³/mol. The van der Waals surface area contributed by atoms with Crippen molar-refractivity contribution in [2.75, 3.05) is 13.1 Å². The molecule has 1 fully saturated rings. The molecule has 86 valence electrons. The maximum absolute atomic E-state index is 11.3. The van der Waals surface area contributed by atoms with Gasteiger partial charge in [0.2, 0.25) is 5.91 Å². The Balaban J connectivity index is 1.88. The second-order valence-corrected chi connectivity index (χ2v) is 4.21. The Morgan fingerprint density at radius 1 is 1.44 bits per heavy atom. The fourth-order valence-corrected chi connectivity index (χ4v) is 2.15. The lowest BCUT2D eigenvalue weighted by Gasteiger charge is -2.15. The molecule has 3 N–H and O–H groups in total. The van der Waals surface area contributed by atoms with Crippen LogP contribution in [0.5, 0.6) is 0 Å². The van der Waals surface area contributed by atoms with Crippen molar-refractivity contribution in [3.05, 3.63) is 35.9 Å². The number of hydrogen-bond acceptors (Lipinski definition) is 3. The van der Waals surface area contributed by atoms with E-state index in [1.165, 1.54) is 5.56 Å². The third kappa shape index (κ3) is 2.59. The van der Waals surface area contributed by atoms with Crippen LogP contribution in [0, 0.1) is 5.92 Å². The van der Waals surface area contributed by atoms with Crippen LogP contribution >= 0.6 is 0 Å². The van der Waals surface area contributed by atoms with Gasteiger partial charge in [-0.3, -0.25) is 15.1 Å². The number of nitrogens with one attached hydrogen (secondary N) is 1. The number of nitrogens with zero attached hydrogens (tertiary/aromatic N) is 1. The summed E-state index contributed by atoms with van der Waals surface area (Å²) >= 11 is 0. The Bertz CT molecular complexity index is 353. The summed E-state index contributed by atoms with van der Waals surface area (Å²) in [6.07, 6.45) is 0.899. The van der Waals surface area contributed by atoms with Gasteiger partial charge in [0.05, 0.1) is 5.92 Å². The van der Waals surface area contributed by atoms with Gasteiger partial charge in [-0.15, -0.1) is 0 Å². The Morgan fingerprint density at radius 3 is 2.88 bits per heavy atom. The molecular weight excluding hydrogens is 202 g/mol. The maximum Gasteiger partial charge on any atom is 0.238 e. The number of nitrogens with two attached hydrogens (primary N) is 1. The smallest absolute Gasteiger partial charge is 0.238 e. The molecule has 1 aromatic rings. The lowest BCUT2D eigenvalue weighted by atomic mass is 10.1. The van der Waals surface area contributed by atoms with Gasteiger partial charge >= 0.3 is 0 Å². The summed E-state index contributed by atoms with van der Waals surface area (Å²) in [5.74, 6) is 5.14. The van der Waals surface area contributed by atoms with Crippen molar-refractivity contribution >= 4 is 5.91 Å². The van der Waals surface area contributed by atoms with Crippen LogP contribution < -0.4 is 11.3 Å². The molecule has 1 unspecified atom stereocenters. The molecule has 1 atom stereocenters. The van der Waals surface area contributed by atoms with Gasteiger partial charge in [-0.25, -0.2) is 5.84 Å². The average Bonchev–Trinajstić information content (AvgIpc) is 2.78. The van der Waals surface area contributed by atoms with Gasteiger partial charge < -0.3 is 0 Å². The van der Waals surface area contributed by atoms with E-state index in [0.29, 0.717) is 0 Å². The summed E-state index contributed by atoms with van der Waals surface area (Å²) in [5.41, 5.74) is 3.51. The number of carbonyl (C=O) groups excluding carboxylic acids is 1. The molecular formula is C12H17N3O. The Kier molecular flexibility index (Phi) is 3.54. The average molecular weight is 219 g/mol. The summed E-state index contributed by atoms with van der Waals surface area (Å²) in [4.78, 5) is 13.6. The van der Waals surface area contributed by atoms with Gasteiger partial charge in [0, 0.05) is 13.1 Å². The minimum atomic E-state index is -0.0458. The molecule has 0 bridgehead atoms. The van der Waals surface area contributed by atoms with Crippen LogP contribution in [-0.2, 0) is 11.3 Å². The van der Waals surface area contributed by atoms with Crippen molar-refractivity contribution in [2.24, 2.45) is 11.8 Å². The minimum absolute atomic E-state index is 0.0458. The largest absolute Gasteiger partial charge is 0.298 e. The lowest BCUT2D eigenvalue weighted by Crippen LogP contribution is -2.37. The zero-order chi connectivity index (χ0) is 11.4. The van der Waals surface area contributed by atoms with Crippen molar-refractivity contribution < 1.29 is 4.79 Å². The quantitative estimate of drug-likeness (QED) is 0.442. The van der Waals surface area contributed by atoms with Gasteiger partial charge in [-0.05, 0) is 18.5 Å². The van der Waals surface area contributed by atoms with Crippen LogP contribution in [0.2, 0.25) is 0 Å². The first-order valence-electron chi connectivity index (χ1n) is 5.56. The molecule has 1 heterocycles. The molecule has 0 radical (unpaired) electrons. The van der Waals surface area contributed by atoms with Crippen molar-refractivity contribution in [3.63, 3.8) is 0 Å². The highest BCUT2D eigenvalue weighted by Gasteiger charge is 2.27. The highest BCUT2D eigenvalue weighted by molar-refractivity contribution is 5.78. The van der Waals surface area contributed by atoms with Crippen LogP contribution in [0.1, 0.15) is 12.0 Å². The van der Waals surface area contributed by atoms with Crippen molar-refractivity contribution in [2.45, 2.75) is 13.0 Å². The normalized spacial score (nSPS) is 20.9. The van der Waals surface area contributed by atoms with Crippen molar-refractivity contribution in [3.8, 4) is 0 Å². The van der Waals surface area contributed by atoms with Crippen LogP contribution in [0.4, 0.5) is 0 Å². The third-order valence-electron chi connectivity index (χ3n) is 3.03. The van der Waals surface area contributed by atoms with Gasteiger partial charge in [0.25, 0.3) is 0 Å². The van der Waals surface area contributed by atoms with E-state index in [2.05, 4.69) is 22.5 Å². The lowest BCUT2D eigenvalue weighted by molar-refractivity contribution is -0.124. The summed E-state index contributed by atoms with van der Waals surface area (Å²) in [6, 6.07) is 10.3. The molecule has 0 saturated carbocycles. The summed E-state index contributed by atoms with van der Waals surface area (Å²) in [5, 5.41) is 0. The van der Waals surface area contributed by atoms with Gasteiger partial charge in [0.15, 0.2) is 0 Å². The predicted octanol–water partition coefficient (Wildman–Crippen LogP) is 0.498. The second-order valence-electron chi connectivity index (χ2n) is 4.21. The van der Waals surface area contributed by atoms with Crippen LogP contribution in [0.15, 0.2) is 30.3 Å². The molecule has 1 aliphatic heterocycles. The molecule has 0 aliphatic carbocycles. The Labute approximate surface area is 95.4 Å². The number of likely N-dealkylation sites (tertiary alicyclic amines) is 1. The van der Waals surface area contributed by atoms with Crippen molar-refractivity contribution in [1.29, 1.82) is 0 Å². The Hall–Kier alpha value is -1.39. The maximum atomic E-state index is 11.3. The molecule has 1 aliphatic rings. The first kappa shape index (κ1) is 11.1. The van der Waals surface area contributed by atoms with Gasteiger partial charge in [-0.2, -0.15) is 0 Å². The van der Waals surface area contributed by atoms with E-state index in [1.807, 2.05) is 18.2 Å². The van der Waals surface area contributed by atoms with E-state index in [-0.39, 0.29) is 11.8 Å². The first-order valence-corrected chi connectivity index (χ1v) is 5.56. The summed E-state index contributed by atoms with van der Waals surface area (Å²) in [7, 11) is 0. The fourth-order valence-electron chi connectivity index (χ4n) is 2.15. The molecule has 1 aromatic carbocycles. The molecule has 16 heavy (non-hydrogen) atoms. The highest BCUT2D eigenvalue weighted by Crippen LogP contribution is 2.18. The number of rotatable bonds is 3. The van der Waals surface area contributed by atoms with Crippen LogP contribution in [-0.4, -0.2) is 23.9 Å². The monoisotopic (exact) mass is 219 g/mol.